The Morgan fingerprint density at radius 3 is 0.604 bits per heavy atom. The van der Waals surface area contributed by atoms with Crippen LogP contribution in [0.15, 0.2) is 188 Å². The van der Waals surface area contributed by atoms with Crippen molar-refractivity contribution in [1.82, 2.24) is 69.8 Å². The Bertz CT molecular complexity index is 6010. The quantitative estimate of drug-likeness (QED) is 0.0796. The van der Waals surface area contributed by atoms with Gasteiger partial charge < -0.3 is 10.5 Å². The van der Waals surface area contributed by atoms with Crippen molar-refractivity contribution in [3.63, 3.8) is 0 Å². The van der Waals surface area contributed by atoms with Gasteiger partial charge in [0.15, 0.2) is 40.8 Å². The molecule has 14 aromatic rings. The zero-order valence-corrected chi connectivity index (χ0v) is 94.5. The molecule has 2 N–H and O–H groups in total. The number of aryl methyl sites for hydroxylation is 10. The van der Waals surface area contributed by atoms with Crippen LogP contribution in [0.5, 0.6) is 5.75 Å². The Kier molecular flexibility index (Phi) is 36.4. The molecule has 7 aromatic heterocycles. The Labute approximate surface area is 865 Å². The van der Waals surface area contributed by atoms with Crippen LogP contribution in [0.1, 0.15) is 403 Å². The topological polar surface area (TPSA) is 216 Å². The summed E-state index contributed by atoms with van der Waals surface area (Å²) >= 11 is 0. The molecule has 7 heterocycles. The maximum Gasteiger partial charge on any atom is 0.161 e. The maximum atomic E-state index is 6.12. The molecule has 7 aromatic carbocycles. The van der Waals surface area contributed by atoms with E-state index in [9.17, 15) is 0 Å². The molecule has 0 spiro atoms. The van der Waals surface area contributed by atoms with E-state index >= 15 is 0 Å². The number of aromatic nitrogens is 14. The molecule has 0 radical (unpaired) electrons. The third-order valence-corrected chi connectivity index (χ3v) is 28.4. The molecule has 0 bridgehead atoms. The van der Waals surface area contributed by atoms with Gasteiger partial charge in [0, 0.05) is 120 Å². The second-order valence-electron chi connectivity index (χ2n) is 46.7. The molecular formula is C128H167N15O. The average Bonchev–Trinajstić information content (AvgIpc) is 1.58. The largest absolute Gasteiger partial charge is 0.491 e. The minimum atomic E-state index is 0.173. The van der Waals surface area contributed by atoms with Crippen molar-refractivity contribution in [2.75, 3.05) is 5.73 Å². The first-order valence-electron chi connectivity index (χ1n) is 52.6. The van der Waals surface area contributed by atoms with Crippen LogP contribution < -0.4 is 10.5 Å². The van der Waals surface area contributed by atoms with Crippen molar-refractivity contribution in [1.29, 1.82) is 0 Å². The molecule has 0 aliphatic heterocycles. The molecule has 3 aliphatic rings. The van der Waals surface area contributed by atoms with Crippen molar-refractivity contribution in [3.05, 3.63) is 318 Å². The molecule has 3 aliphatic carbocycles. The third kappa shape index (κ3) is 29.1. The van der Waals surface area contributed by atoms with E-state index in [-0.39, 0.29) is 22.3 Å². The molecule has 144 heavy (non-hydrogen) atoms. The van der Waals surface area contributed by atoms with Gasteiger partial charge in [0.1, 0.15) is 11.6 Å². The summed E-state index contributed by atoms with van der Waals surface area (Å²) in [6.07, 6.45) is 13.9. The summed E-state index contributed by atoms with van der Waals surface area (Å²) in [6.45, 7) is 82.1. The number of benzene rings is 7. The predicted molar refractivity (Wildman–Crippen MR) is 604 cm³/mol. The number of ether oxygens (including phenoxy) is 1. The second-order valence-corrected chi connectivity index (χ2v) is 46.7. The Hall–Kier alpha value is -12.3. The van der Waals surface area contributed by atoms with Crippen molar-refractivity contribution in [3.8, 4) is 85.5 Å². The number of anilines is 1. The molecule has 3 fully saturated rings. The van der Waals surface area contributed by atoms with Crippen LogP contribution in [0.25, 0.3) is 79.7 Å². The first-order valence-corrected chi connectivity index (χ1v) is 52.6. The number of nitrogen functional groups attached to an aromatic ring is 1. The maximum absolute atomic E-state index is 6.12. The van der Waals surface area contributed by atoms with Crippen LogP contribution in [-0.4, -0.2) is 75.9 Å². The van der Waals surface area contributed by atoms with Crippen molar-refractivity contribution >= 4 is 5.82 Å². The molecule has 0 amide bonds. The average molecular weight is 1930 g/mol. The van der Waals surface area contributed by atoms with Gasteiger partial charge in [0.05, 0.1) is 6.10 Å². The van der Waals surface area contributed by atoms with E-state index in [1.807, 2.05) is 70.6 Å². The second kappa shape index (κ2) is 46.8. The summed E-state index contributed by atoms with van der Waals surface area (Å²) in [5.74, 6) is 10.2. The summed E-state index contributed by atoms with van der Waals surface area (Å²) in [5, 5.41) is 0. The van der Waals surface area contributed by atoms with Gasteiger partial charge in [0.2, 0.25) is 0 Å². The van der Waals surface area contributed by atoms with Gasteiger partial charge in [-0.3, -0.25) is 0 Å². The normalized spacial score (nSPS) is 13.7. The van der Waals surface area contributed by atoms with E-state index in [4.69, 9.17) is 40.4 Å². The summed E-state index contributed by atoms with van der Waals surface area (Å²) in [4.78, 5) is 64.8. The summed E-state index contributed by atoms with van der Waals surface area (Å²) in [6, 6.07) is 60.0. The van der Waals surface area contributed by atoms with Gasteiger partial charge in [-0.2, -0.15) is 0 Å². The number of hydrogen-bond acceptors (Lipinski definition) is 16. The smallest absolute Gasteiger partial charge is 0.161 e. The highest BCUT2D eigenvalue weighted by molar-refractivity contribution is 5.64. The van der Waals surface area contributed by atoms with Crippen LogP contribution in [0, 0.1) is 69.2 Å². The lowest BCUT2D eigenvalue weighted by atomic mass is 9.86. The molecule has 760 valence electrons. The molecule has 16 heteroatoms. The van der Waals surface area contributed by atoms with Crippen LogP contribution >= 0.6 is 0 Å². The van der Waals surface area contributed by atoms with E-state index in [0.717, 1.165) is 148 Å². The lowest BCUT2D eigenvalue weighted by Gasteiger charge is -2.19. The number of nitrogens with two attached hydrogens (primary N) is 1. The zero-order chi connectivity index (χ0) is 106. The SMILES string of the molecule is Cc1nc(-c2ccc(C(C)(C)C)cc2)nc(C)c1C(C)C.Cc1nc(-c2ccc(C(C)(C)C)cc2)nc(C)c1C(C)C.Cc1nc(-c2ccc(C(C)(C)C)cc2)ncc1C(C)C.Cc1nc(-c2ccc(C3(C)CC3)cc2)nc(C)c1C(C)C.Cc1nc(-c2ccc(C3(C)CC3)cc2)nc(N)c1C(C)C.Cc1nc(-c2ccc(C3(C)CC3)cc2)ncc1C(C)C.Cc1nc(-c2ccc(OC(C)C)cc2)ncc1C(C)C. The first kappa shape index (κ1) is 112. The van der Waals surface area contributed by atoms with Gasteiger partial charge in [0.25, 0.3) is 0 Å². The van der Waals surface area contributed by atoms with E-state index in [1.165, 1.54) is 105 Å². The Morgan fingerprint density at radius 2 is 0.424 bits per heavy atom. The molecule has 0 saturated heterocycles. The van der Waals surface area contributed by atoms with Crippen LogP contribution in [0.3, 0.4) is 0 Å². The van der Waals surface area contributed by atoms with Gasteiger partial charge in [-0.1, -0.05) is 326 Å². The van der Waals surface area contributed by atoms with Gasteiger partial charge in [-0.25, -0.2) is 69.8 Å². The van der Waals surface area contributed by atoms with Crippen molar-refractivity contribution < 1.29 is 4.74 Å². The molecule has 3 saturated carbocycles. The van der Waals surface area contributed by atoms with Crippen LogP contribution in [0.2, 0.25) is 0 Å². The summed E-state index contributed by atoms with van der Waals surface area (Å²) < 4.78 is 5.64. The van der Waals surface area contributed by atoms with Gasteiger partial charge in [-0.15, -0.1) is 0 Å². The Balaban J connectivity index is 0.000000160. The van der Waals surface area contributed by atoms with E-state index < -0.39 is 0 Å². The fourth-order valence-electron chi connectivity index (χ4n) is 18.9. The van der Waals surface area contributed by atoms with E-state index in [0.29, 0.717) is 63.5 Å². The minimum Gasteiger partial charge on any atom is -0.491 e. The fourth-order valence-corrected chi connectivity index (χ4v) is 18.9. The first-order chi connectivity index (χ1) is 67.5. The van der Waals surface area contributed by atoms with Gasteiger partial charge >= 0.3 is 0 Å². The monoisotopic (exact) mass is 1930 g/mol. The van der Waals surface area contributed by atoms with E-state index in [1.54, 1.807) is 0 Å². The highest BCUT2D eigenvalue weighted by Gasteiger charge is 2.41. The number of hydrogen-bond donors (Lipinski definition) is 1. The van der Waals surface area contributed by atoms with E-state index in [2.05, 4.69) is 421 Å². The summed E-state index contributed by atoms with van der Waals surface area (Å²) in [5.41, 5.74) is 43.0. The molecular weight excluding hydrogens is 1760 g/mol. The molecule has 0 unspecified atom stereocenters. The number of nitrogens with zero attached hydrogens (tertiary/aromatic N) is 14. The third-order valence-electron chi connectivity index (χ3n) is 28.4. The molecule has 16 nitrogen and oxygen atoms in total. The number of rotatable bonds is 19. The lowest BCUT2D eigenvalue weighted by Crippen LogP contribution is -2.10. The highest BCUT2D eigenvalue weighted by atomic mass is 16.5. The van der Waals surface area contributed by atoms with Crippen molar-refractivity contribution in [2.24, 2.45) is 0 Å². The lowest BCUT2D eigenvalue weighted by molar-refractivity contribution is 0.242. The molecule has 0 atom stereocenters. The summed E-state index contributed by atoms with van der Waals surface area (Å²) in [7, 11) is 0. The highest BCUT2D eigenvalue weighted by Crippen LogP contribution is 2.50. The Morgan fingerprint density at radius 1 is 0.236 bits per heavy atom. The van der Waals surface area contributed by atoms with Crippen LogP contribution in [-0.2, 0) is 32.5 Å². The predicted octanol–water partition coefficient (Wildman–Crippen LogP) is 33.4. The standard InChI is InChI=1S/C19H24N2.2C19H26N2.C18H23N3.C18H22N2.C18H24N2.C17H22N2O/c1-12(2)17-13(3)20-18(21-14(17)4)15-6-8-16(9-7-15)19(5)10-11-19;2*1-12(2)17-13(3)20-18(21-14(17)4)15-8-10-16(11-9-15)19(5,6)7;1-11(2)15-12(3)20-17(21-16(15)19)13-5-7-14(8-6-13)18(4)9-10-18;1-12(2)16-11-19-17(20-13(16)3)14-5-7-15(8-6-14)18(4)9-10-18;1-12(2)16-11-19-17(20-13(16)3)14-7-9-15(10-8-14)18(4,5)6;1-11(2)16-10-18-17(19-13(16)5)14-6-8-15(9-7-14)20-12(3)4/h6-9,12H,10-11H2,1-5H3;2*8-12H,1-7H3;5-8,11H,9-10H2,1-4H3,(H2,19,20,21);5-8,11-12H,9-10H2,1-4H3;7-12H,1-6H3;6-12H,1-5H3. The minimum absolute atomic E-state index is 0.173. The molecule has 17 rings (SSSR count). The van der Waals surface area contributed by atoms with Gasteiger partial charge in [-0.05, 0) is 287 Å². The zero-order valence-electron chi connectivity index (χ0n) is 94.5. The van der Waals surface area contributed by atoms with Crippen molar-refractivity contribution in [2.45, 2.75) is 382 Å². The van der Waals surface area contributed by atoms with Crippen LogP contribution in [0.4, 0.5) is 5.82 Å². The fraction of sp³-hybridized carbons (Fsp3) is 0.453.